The highest BCUT2D eigenvalue weighted by Gasteiger charge is 2.17. The van der Waals surface area contributed by atoms with Gasteiger partial charge in [-0.1, -0.05) is 16.5 Å². The molecule has 0 radical (unpaired) electrons. The van der Waals surface area contributed by atoms with E-state index in [9.17, 15) is 0 Å². The van der Waals surface area contributed by atoms with E-state index >= 15 is 0 Å². The van der Waals surface area contributed by atoms with E-state index in [0.717, 1.165) is 27.7 Å². The normalized spacial score (nSPS) is 11.4. The molecule has 0 bridgehead atoms. The van der Waals surface area contributed by atoms with Crippen LogP contribution in [0.2, 0.25) is 0 Å². The first-order valence-electron chi connectivity index (χ1n) is 6.42. The Balaban J connectivity index is 1.92. The highest BCUT2D eigenvalue weighted by molar-refractivity contribution is 7.22. The van der Waals surface area contributed by atoms with Gasteiger partial charge in [0.15, 0.2) is 16.6 Å². The van der Waals surface area contributed by atoms with E-state index in [1.165, 1.54) is 0 Å². The minimum absolute atomic E-state index is 0.584. The van der Waals surface area contributed by atoms with E-state index in [1.807, 2.05) is 18.7 Å². The van der Waals surface area contributed by atoms with Gasteiger partial charge in [0, 0.05) is 20.5 Å². The average Bonchev–Trinajstić information content (AvgIpc) is 3.07. The summed E-state index contributed by atoms with van der Waals surface area (Å²) in [6.45, 7) is 7.31. The predicted molar refractivity (Wildman–Crippen MR) is 76.9 cm³/mol. The fourth-order valence-corrected chi connectivity index (χ4v) is 3.20. The lowest BCUT2D eigenvalue weighted by Gasteiger charge is -2.17. The summed E-state index contributed by atoms with van der Waals surface area (Å²) in [5, 5.41) is 9.27. The van der Waals surface area contributed by atoms with E-state index in [2.05, 4.69) is 32.0 Å². The predicted octanol–water partition coefficient (Wildman–Crippen LogP) is 2.06. The topological polar surface area (TPSA) is 72.9 Å². The minimum Gasteiger partial charge on any atom is -0.341 e. The van der Waals surface area contributed by atoms with E-state index in [0.29, 0.717) is 18.3 Å². The van der Waals surface area contributed by atoms with Crippen molar-refractivity contribution >= 4 is 26.8 Å². The smallest absolute Gasteiger partial charge is 0.223 e. The molecule has 3 aromatic rings. The molecular weight excluding hydrogens is 276 g/mol. The number of aromatic nitrogens is 5. The molecule has 0 amide bonds. The van der Waals surface area contributed by atoms with Crippen LogP contribution in [0.15, 0.2) is 4.52 Å². The fraction of sp³-hybridized carbons (Fsp3) is 0.500. The Labute approximate surface area is 120 Å². The van der Waals surface area contributed by atoms with E-state index in [-0.39, 0.29) is 0 Å². The summed E-state index contributed by atoms with van der Waals surface area (Å²) in [6, 6.07) is 0. The molecule has 0 saturated heterocycles. The van der Waals surface area contributed by atoms with Gasteiger partial charge in [-0.05, 0) is 13.8 Å². The first-order valence-corrected chi connectivity index (χ1v) is 7.24. The van der Waals surface area contributed by atoms with Gasteiger partial charge in [-0.2, -0.15) is 10.1 Å². The summed E-state index contributed by atoms with van der Waals surface area (Å²) in [5.74, 6) is 1.26. The molecule has 3 aromatic heterocycles. The Morgan fingerprint density at radius 3 is 2.70 bits per heavy atom. The minimum atomic E-state index is 0.584. The lowest BCUT2D eigenvalue weighted by molar-refractivity contribution is 0.387. The summed E-state index contributed by atoms with van der Waals surface area (Å²) in [6.07, 6.45) is 0. The number of fused-ring (bicyclic) bond motifs is 1. The Hall–Kier alpha value is -1.96. The van der Waals surface area contributed by atoms with Crippen molar-refractivity contribution in [3.05, 3.63) is 17.4 Å². The number of aryl methyl sites for hydroxylation is 3. The number of anilines is 1. The van der Waals surface area contributed by atoms with Crippen molar-refractivity contribution in [2.24, 2.45) is 7.05 Å². The van der Waals surface area contributed by atoms with Crippen LogP contribution in [0.25, 0.3) is 10.3 Å². The van der Waals surface area contributed by atoms with Crippen molar-refractivity contribution < 1.29 is 4.52 Å². The summed E-state index contributed by atoms with van der Waals surface area (Å²) in [4.78, 5) is 11.0. The number of nitrogens with zero attached hydrogens (tertiary/aromatic N) is 6. The molecule has 0 atom stereocenters. The summed E-state index contributed by atoms with van der Waals surface area (Å²) >= 11 is 1.65. The standard InChI is InChI=1S/C12H16N6OS/c1-5-18(6-9-13-8(3)19-16-9)12-14-11-10(20-12)7(2)15-17(11)4/h5-6H2,1-4H3. The molecule has 20 heavy (non-hydrogen) atoms. The number of hydrogen-bond acceptors (Lipinski definition) is 7. The largest absolute Gasteiger partial charge is 0.341 e. The van der Waals surface area contributed by atoms with Crippen molar-refractivity contribution in [1.29, 1.82) is 0 Å². The third kappa shape index (κ3) is 2.15. The molecule has 0 aliphatic rings. The van der Waals surface area contributed by atoms with Crippen molar-refractivity contribution in [1.82, 2.24) is 24.9 Å². The van der Waals surface area contributed by atoms with Gasteiger partial charge >= 0.3 is 0 Å². The van der Waals surface area contributed by atoms with Crippen LogP contribution in [0.1, 0.15) is 24.3 Å². The molecule has 0 aromatic carbocycles. The molecule has 0 aliphatic carbocycles. The monoisotopic (exact) mass is 292 g/mol. The Kier molecular flexibility index (Phi) is 3.17. The maximum absolute atomic E-state index is 5.01. The molecule has 0 aliphatic heterocycles. The van der Waals surface area contributed by atoms with Gasteiger partial charge in [-0.25, -0.2) is 9.67 Å². The second-order valence-corrected chi connectivity index (χ2v) is 5.58. The Morgan fingerprint density at radius 2 is 2.10 bits per heavy atom. The van der Waals surface area contributed by atoms with Crippen LogP contribution in [0.4, 0.5) is 5.13 Å². The van der Waals surface area contributed by atoms with Crippen LogP contribution in [0, 0.1) is 13.8 Å². The Morgan fingerprint density at radius 1 is 1.30 bits per heavy atom. The van der Waals surface area contributed by atoms with Crippen LogP contribution in [0.5, 0.6) is 0 Å². The number of hydrogen-bond donors (Lipinski definition) is 0. The van der Waals surface area contributed by atoms with Crippen LogP contribution in [0.3, 0.4) is 0 Å². The highest BCUT2D eigenvalue weighted by atomic mass is 32.1. The van der Waals surface area contributed by atoms with Crippen molar-refractivity contribution in [2.45, 2.75) is 27.3 Å². The molecule has 3 rings (SSSR count). The molecule has 3 heterocycles. The van der Waals surface area contributed by atoms with Crippen molar-refractivity contribution in [3.8, 4) is 0 Å². The van der Waals surface area contributed by atoms with Gasteiger partial charge in [0.05, 0.1) is 16.9 Å². The fourth-order valence-electron chi connectivity index (χ4n) is 2.10. The zero-order chi connectivity index (χ0) is 14.3. The number of rotatable bonds is 4. The maximum atomic E-state index is 5.01. The maximum Gasteiger partial charge on any atom is 0.223 e. The molecule has 7 nitrogen and oxygen atoms in total. The molecule has 106 valence electrons. The number of thiazole rings is 1. The molecule has 0 saturated carbocycles. The lowest BCUT2D eigenvalue weighted by Crippen LogP contribution is -2.22. The average molecular weight is 292 g/mol. The van der Waals surface area contributed by atoms with E-state index in [1.54, 1.807) is 18.3 Å². The van der Waals surface area contributed by atoms with Gasteiger partial charge in [0.2, 0.25) is 5.89 Å². The van der Waals surface area contributed by atoms with E-state index < -0.39 is 0 Å². The highest BCUT2D eigenvalue weighted by Crippen LogP contribution is 2.31. The van der Waals surface area contributed by atoms with Crippen LogP contribution >= 0.6 is 11.3 Å². The van der Waals surface area contributed by atoms with Gasteiger partial charge in [0.1, 0.15) is 0 Å². The van der Waals surface area contributed by atoms with Crippen LogP contribution in [-0.4, -0.2) is 31.4 Å². The van der Waals surface area contributed by atoms with Crippen LogP contribution in [-0.2, 0) is 13.6 Å². The van der Waals surface area contributed by atoms with Crippen molar-refractivity contribution in [3.63, 3.8) is 0 Å². The zero-order valence-electron chi connectivity index (χ0n) is 11.9. The third-order valence-corrected chi connectivity index (χ3v) is 4.30. The van der Waals surface area contributed by atoms with Gasteiger partial charge in [0.25, 0.3) is 0 Å². The van der Waals surface area contributed by atoms with Gasteiger partial charge in [-0.3, -0.25) is 0 Å². The lowest BCUT2D eigenvalue weighted by atomic mass is 10.5. The third-order valence-electron chi connectivity index (χ3n) is 3.09. The van der Waals surface area contributed by atoms with Crippen LogP contribution < -0.4 is 4.90 Å². The quantitative estimate of drug-likeness (QED) is 0.733. The van der Waals surface area contributed by atoms with Gasteiger partial charge < -0.3 is 9.42 Å². The van der Waals surface area contributed by atoms with E-state index in [4.69, 9.17) is 4.52 Å². The summed E-state index contributed by atoms with van der Waals surface area (Å²) in [7, 11) is 1.91. The second kappa shape index (κ2) is 4.86. The SMILES string of the molecule is CCN(Cc1noc(C)n1)c1nc2c(s1)c(C)nn2C. The molecule has 8 heteroatoms. The molecule has 0 N–H and O–H groups in total. The zero-order valence-corrected chi connectivity index (χ0v) is 12.7. The van der Waals surface area contributed by atoms with Crippen molar-refractivity contribution in [2.75, 3.05) is 11.4 Å². The first kappa shape index (κ1) is 13.0. The molecular formula is C12H16N6OS. The molecule has 0 fully saturated rings. The summed E-state index contributed by atoms with van der Waals surface area (Å²) < 4.78 is 7.96. The molecule has 0 unspecified atom stereocenters. The second-order valence-electron chi connectivity index (χ2n) is 4.60. The van der Waals surface area contributed by atoms with Gasteiger partial charge in [-0.15, -0.1) is 0 Å². The molecule has 0 spiro atoms. The first-order chi connectivity index (χ1) is 9.58. The Bertz CT molecular complexity index is 708. The summed E-state index contributed by atoms with van der Waals surface area (Å²) in [5.41, 5.74) is 1.93.